The molecular weight excluding hydrogens is 332 g/mol. The second kappa shape index (κ2) is 6.56. The summed E-state index contributed by atoms with van der Waals surface area (Å²) in [5.41, 5.74) is 2.65. The number of morpholine rings is 1. The predicted molar refractivity (Wildman–Crippen MR) is 85.5 cm³/mol. The summed E-state index contributed by atoms with van der Waals surface area (Å²) >= 11 is 3.33. The van der Waals surface area contributed by atoms with E-state index in [1.165, 1.54) is 0 Å². The topological polar surface area (TPSA) is 45.6 Å². The third-order valence-electron chi connectivity index (χ3n) is 3.60. The van der Waals surface area contributed by atoms with Crippen LogP contribution >= 0.6 is 15.9 Å². The summed E-state index contributed by atoms with van der Waals surface area (Å²) in [6.07, 6.45) is -0.707. The molecule has 4 nitrogen and oxygen atoms in total. The van der Waals surface area contributed by atoms with Crippen molar-refractivity contribution in [2.45, 2.75) is 6.10 Å². The van der Waals surface area contributed by atoms with Gasteiger partial charge in [0.05, 0.1) is 18.9 Å². The summed E-state index contributed by atoms with van der Waals surface area (Å²) in [6, 6.07) is 13.5. The zero-order valence-electron chi connectivity index (χ0n) is 11.6. The van der Waals surface area contributed by atoms with Crippen LogP contribution in [0.3, 0.4) is 0 Å². The molecule has 0 bridgehead atoms. The molecule has 110 valence electrons. The number of aromatic nitrogens is 1. The number of anilines is 1. The first-order chi connectivity index (χ1) is 10.2. The molecular formula is C16H17BrN2O2. The van der Waals surface area contributed by atoms with Crippen molar-refractivity contribution in [2.24, 2.45) is 0 Å². The van der Waals surface area contributed by atoms with Crippen LogP contribution in [0.5, 0.6) is 0 Å². The van der Waals surface area contributed by atoms with E-state index in [1.807, 2.05) is 42.5 Å². The lowest BCUT2D eigenvalue weighted by molar-refractivity contribution is 0.122. The standard InChI is InChI=1S/C16H17BrN2O2/c17-15-3-1-2-14(18-15)16(20)12-4-6-13(7-5-12)19-8-10-21-11-9-19/h1-7,16,20H,8-11H2/t16-/m1/s1. The van der Waals surface area contributed by atoms with E-state index in [0.29, 0.717) is 5.69 Å². The number of aliphatic hydroxyl groups is 1. The third kappa shape index (κ3) is 3.43. The number of ether oxygens (including phenoxy) is 1. The van der Waals surface area contributed by atoms with E-state index in [-0.39, 0.29) is 0 Å². The Morgan fingerprint density at radius 1 is 1.10 bits per heavy atom. The van der Waals surface area contributed by atoms with E-state index in [0.717, 1.165) is 42.2 Å². The van der Waals surface area contributed by atoms with E-state index in [4.69, 9.17) is 4.74 Å². The molecule has 0 unspecified atom stereocenters. The smallest absolute Gasteiger partial charge is 0.121 e. The van der Waals surface area contributed by atoms with Crippen molar-refractivity contribution in [3.05, 3.63) is 58.3 Å². The average Bonchev–Trinajstić information content (AvgIpc) is 2.55. The number of pyridine rings is 1. The largest absolute Gasteiger partial charge is 0.382 e. The normalized spacial score (nSPS) is 16.8. The molecule has 1 aliphatic rings. The molecule has 0 radical (unpaired) electrons. The minimum Gasteiger partial charge on any atom is -0.382 e. The van der Waals surface area contributed by atoms with Gasteiger partial charge in [-0.15, -0.1) is 0 Å². The van der Waals surface area contributed by atoms with Crippen molar-refractivity contribution in [2.75, 3.05) is 31.2 Å². The summed E-state index contributed by atoms with van der Waals surface area (Å²) in [6.45, 7) is 3.36. The van der Waals surface area contributed by atoms with Crippen molar-refractivity contribution in [3.63, 3.8) is 0 Å². The number of halogens is 1. The van der Waals surface area contributed by atoms with Gasteiger partial charge in [0, 0.05) is 18.8 Å². The molecule has 3 rings (SSSR count). The van der Waals surface area contributed by atoms with Crippen molar-refractivity contribution in [1.29, 1.82) is 0 Å². The Kier molecular flexibility index (Phi) is 4.53. The zero-order chi connectivity index (χ0) is 14.7. The van der Waals surface area contributed by atoms with Crippen LogP contribution in [0.2, 0.25) is 0 Å². The first-order valence-corrected chi connectivity index (χ1v) is 7.76. The van der Waals surface area contributed by atoms with Crippen LogP contribution in [0.4, 0.5) is 5.69 Å². The van der Waals surface area contributed by atoms with Gasteiger partial charge in [0.2, 0.25) is 0 Å². The summed E-state index contributed by atoms with van der Waals surface area (Å²) in [7, 11) is 0. The second-order valence-electron chi connectivity index (χ2n) is 4.98. The van der Waals surface area contributed by atoms with Crippen molar-refractivity contribution >= 4 is 21.6 Å². The summed E-state index contributed by atoms with van der Waals surface area (Å²) in [4.78, 5) is 6.59. The highest BCUT2D eigenvalue weighted by molar-refractivity contribution is 9.10. The SMILES string of the molecule is O[C@H](c1ccc(N2CCOCC2)cc1)c1cccc(Br)n1. The molecule has 1 fully saturated rings. The van der Waals surface area contributed by atoms with E-state index in [9.17, 15) is 5.11 Å². The Morgan fingerprint density at radius 3 is 2.48 bits per heavy atom. The Labute approximate surface area is 132 Å². The fourth-order valence-corrected chi connectivity index (χ4v) is 2.79. The highest BCUT2D eigenvalue weighted by atomic mass is 79.9. The van der Waals surface area contributed by atoms with Crippen LogP contribution in [-0.2, 0) is 4.74 Å². The first-order valence-electron chi connectivity index (χ1n) is 6.97. The van der Waals surface area contributed by atoms with Gasteiger partial charge < -0.3 is 14.7 Å². The van der Waals surface area contributed by atoms with Gasteiger partial charge in [0.1, 0.15) is 10.7 Å². The van der Waals surface area contributed by atoms with Gasteiger partial charge in [0.15, 0.2) is 0 Å². The van der Waals surface area contributed by atoms with Gasteiger partial charge in [-0.1, -0.05) is 18.2 Å². The molecule has 5 heteroatoms. The molecule has 2 heterocycles. The lowest BCUT2D eigenvalue weighted by Gasteiger charge is -2.29. The van der Waals surface area contributed by atoms with Crippen molar-refractivity contribution < 1.29 is 9.84 Å². The number of aliphatic hydroxyl groups excluding tert-OH is 1. The molecule has 1 saturated heterocycles. The molecule has 0 spiro atoms. The van der Waals surface area contributed by atoms with Crippen LogP contribution < -0.4 is 4.90 Å². The van der Waals surface area contributed by atoms with Gasteiger partial charge in [-0.2, -0.15) is 0 Å². The predicted octanol–water partition coefficient (Wildman–Crippen LogP) is 2.76. The van der Waals surface area contributed by atoms with E-state index in [1.54, 1.807) is 0 Å². The fraction of sp³-hybridized carbons (Fsp3) is 0.312. The number of hydrogen-bond acceptors (Lipinski definition) is 4. The first kappa shape index (κ1) is 14.5. The van der Waals surface area contributed by atoms with E-state index in [2.05, 4.69) is 25.8 Å². The molecule has 0 saturated carbocycles. The molecule has 1 aromatic heterocycles. The monoisotopic (exact) mass is 348 g/mol. The van der Waals surface area contributed by atoms with Gasteiger partial charge in [-0.3, -0.25) is 0 Å². The van der Waals surface area contributed by atoms with Crippen LogP contribution in [0.15, 0.2) is 47.1 Å². The average molecular weight is 349 g/mol. The van der Waals surface area contributed by atoms with E-state index >= 15 is 0 Å². The molecule has 1 N–H and O–H groups in total. The molecule has 1 atom stereocenters. The maximum absolute atomic E-state index is 10.4. The van der Waals surface area contributed by atoms with Gasteiger partial charge in [-0.05, 0) is 45.8 Å². The summed E-state index contributed by atoms with van der Waals surface area (Å²) < 4.78 is 6.08. The van der Waals surface area contributed by atoms with Crippen molar-refractivity contribution in [1.82, 2.24) is 4.98 Å². The highest BCUT2D eigenvalue weighted by Gasteiger charge is 2.14. The fourth-order valence-electron chi connectivity index (χ4n) is 2.44. The van der Waals surface area contributed by atoms with E-state index < -0.39 is 6.10 Å². The summed E-state index contributed by atoms with van der Waals surface area (Å²) in [5, 5.41) is 10.4. The quantitative estimate of drug-likeness (QED) is 0.866. The number of benzene rings is 1. The van der Waals surface area contributed by atoms with Crippen LogP contribution in [0.25, 0.3) is 0 Å². The minimum absolute atomic E-state index is 0.642. The Balaban J connectivity index is 1.77. The van der Waals surface area contributed by atoms with Gasteiger partial charge in [0.25, 0.3) is 0 Å². The molecule has 0 amide bonds. The van der Waals surface area contributed by atoms with Gasteiger partial charge >= 0.3 is 0 Å². The second-order valence-corrected chi connectivity index (χ2v) is 5.79. The lowest BCUT2D eigenvalue weighted by Crippen LogP contribution is -2.36. The maximum atomic E-state index is 10.4. The Hall–Kier alpha value is -1.43. The Bertz CT molecular complexity index is 597. The minimum atomic E-state index is -0.707. The third-order valence-corrected chi connectivity index (χ3v) is 4.04. The highest BCUT2D eigenvalue weighted by Crippen LogP contribution is 2.24. The van der Waals surface area contributed by atoms with Gasteiger partial charge in [-0.25, -0.2) is 4.98 Å². The molecule has 1 aliphatic heterocycles. The maximum Gasteiger partial charge on any atom is 0.121 e. The van der Waals surface area contributed by atoms with Crippen molar-refractivity contribution in [3.8, 4) is 0 Å². The lowest BCUT2D eigenvalue weighted by atomic mass is 10.1. The molecule has 2 aromatic rings. The van der Waals surface area contributed by atoms with Crippen LogP contribution in [-0.4, -0.2) is 36.4 Å². The molecule has 0 aliphatic carbocycles. The molecule has 1 aromatic carbocycles. The van der Waals surface area contributed by atoms with Crippen LogP contribution in [0, 0.1) is 0 Å². The molecule has 21 heavy (non-hydrogen) atoms. The zero-order valence-corrected chi connectivity index (χ0v) is 13.2. The summed E-state index contributed by atoms with van der Waals surface area (Å²) in [5.74, 6) is 0. The number of nitrogens with zero attached hydrogens (tertiary/aromatic N) is 2. The number of rotatable bonds is 3. The Morgan fingerprint density at radius 2 is 1.81 bits per heavy atom. The van der Waals surface area contributed by atoms with Crippen LogP contribution in [0.1, 0.15) is 17.4 Å². The number of hydrogen-bond donors (Lipinski definition) is 1.